The van der Waals surface area contributed by atoms with E-state index in [4.69, 9.17) is 5.11 Å². The molecule has 4 nitrogen and oxygen atoms in total. The van der Waals surface area contributed by atoms with E-state index in [1.54, 1.807) is 0 Å². The molecule has 1 atom stereocenters. The number of nitrogens with one attached hydrogen (secondary N) is 1. The maximum Gasteiger partial charge on any atom is 0.0641 e. The molecular weight excluding hydrogens is 214 g/mol. The van der Waals surface area contributed by atoms with E-state index in [1.165, 1.54) is 11.3 Å². The molecule has 2 N–H and O–H groups in total. The first kappa shape index (κ1) is 14.2. The van der Waals surface area contributed by atoms with Crippen LogP contribution in [0, 0.1) is 19.8 Å². The maximum absolute atomic E-state index is 9.09. The van der Waals surface area contributed by atoms with E-state index >= 15 is 0 Å². The molecule has 1 aromatic heterocycles. The number of nitrogens with zero attached hydrogens (tertiary/aromatic N) is 2. The van der Waals surface area contributed by atoms with Gasteiger partial charge in [0, 0.05) is 37.0 Å². The smallest absolute Gasteiger partial charge is 0.0641 e. The van der Waals surface area contributed by atoms with Crippen LogP contribution < -0.4 is 5.32 Å². The zero-order valence-electron chi connectivity index (χ0n) is 11.6. The van der Waals surface area contributed by atoms with Crippen LogP contribution in [-0.2, 0) is 13.1 Å². The van der Waals surface area contributed by atoms with Crippen molar-refractivity contribution in [3.05, 3.63) is 17.0 Å². The minimum absolute atomic E-state index is 0.206. The van der Waals surface area contributed by atoms with Crippen molar-refractivity contribution < 1.29 is 5.11 Å². The molecule has 1 unspecified atom stereocenters. The summed E-state index contributed by atoms with van der Waals surface area (Å²) in [6.45, 7) is 12.3. The molecule has 0 aliphatic carbocycles. The van der Waals surface area contributed by atoms with Gasteiger partial charge in [-0.2, -0.15) is 5.10 Å². The lowest BCUT2D eigenvalue weighted by molar-refractivity contribution is 0.218. The van der Waals surface area contributed by atoms with Crippen LogP contribution in [-0.4, -0.2) is 27.5 Å². The predicted molar refractivity (Wildman–Crippen MR) is 69.9 cm³/mol. The number of aliphatic hydroxyl groups is 1. The summed E-state index contributed by atoms with van der Waals surface area (Å²) in [6.07, 6.45) is 0. The van der Waals surface area contributed by atoms with Crippen molar-refractivity contribution >= 4 is 0 Å². The summed E-state index contributed by atoms with van der Waals surface area (Å²) in [5, 5.41) is 17.0. The Labute approximate surface area is 104 Å². The molecule has 1 heterocycles. The average molecular weight is 239 g/mol. The van der Waals surface area contributed by atoms with Crippen LogP contribution in [0.3, 0.4) is 0 Å². The van der Waals surface area contributed by atoms with Crippen LogP contribution in [0.2, 0.25) is 0 Å². The van der Waals surface area contributed by atoms with Crippen molar-refractivity contribution in [1.82, 2.24) is 15.1 Å². The normalized spacial score (nSPS) is 13.4. The van der Waals surface area contributed by atoms with Gasteiger partial charge in [-0.25, -0.2) is 0 Å². The lowest BCUT2D eigenvalue weighted by atomic mass is 10.1. The highest BCUT2D eigenvalue weighted by molar-refractivity contribution is 5.24. The van der Waals surface area contributed by atoms with Crippen molar-refractivity contribution in [2.45, 2.75) is 53.8 Å². The topological polar surface area (TPSA) is 50.1 Å². The van der Waals surface area contributed by atoms with Gasteiger partial charge in [0.1, 0.15) is 0 Å². The Balaban J connectivity index is 2.78. The van der Waals surface area contributed by atoms with Crippen molar-refractivity contribution in [2.75, 3.05) is 6.61 Å². The van der Waals surface area contributed by atoms with E-state index in [0.717, 1.165) is 18.8 Å². The lowest BCUT2D eigenvalue weighted by Crippen LogP contribution is -2.22. The van der Waals surface area contributed by atoms with E-state index in [1.807, 2.05) is 18.5 Å². The first-order chi connectivity index (χ1) is 7.95. The third-order valence-corrected chi connectivity index (χ3v) is 3.01. The molecule has 1 aromatic rings. The van der Waals surface area contributed by atoms with Gasteiger partial charge in [-0.05, 0) is 19.8 Å². The van der Waals surface area contributed by atoms with Crippen LogP contribution in [0.25, 0.3) is 0 Å². The van der Waals surface area contributed by atoms with Crippen LogP contribution in [0.1, 0.15) is 37.7 Å². The van der Waals surface area contributed by atoms with E-state index in [2.05, 4.69) is 31.2 Å². The summed E-state index contributed by atoms with van der Waals surface area (Å²) in [7, 11) is 0. The molecule has 17 heavy (non-hydrogen) atoms. The molecule has 98 valence electrons. The third-order valence-electron chi connectivity index (χ3n) is 3.01. The Morgan fingerprint density at radius 3 is 2.47 bits per heavy atom. The molecule has 0 radical (unpaired) electrons. The average Bonchev–Trinajstić information content (AvgIpc) is 2.51. The van der Waals surface area contributed by atoms with E-state index in [-0.39, 0.29) is 12.5 Å². The van der Waals surface area contributed by atoms with Crippen LogP contribution >= 0.6 is 0 Å². The summed E-state index contributed by atoms with van der Waals surface area (Å²) < 4.78 is 2.01. The van der Waals surface area contributed by atoms with Gasteiger partial charge in [0.15, 0.2) is 0 Å². The molecular formula is C13H25N3O. The molecule has 4 heteroatoms. The Morgan fingerprint density at radius 2 is 1.94 bits per heavy atom. The second-order valence-electron chi connectivity index (χ2n) is 5.15. The highest BCUT2D eigenvalue weighted by Gasteiger charge is 2.13. The molecule has 0 amide bonds. The van der Waals surface area contributed by atoms with Gasteiger partial charge >= 0.3 is 0 Å². The summed E-state index contributed by atoms with van der Waals surface area (Å²) in [5.74, 6) is 0.249. The van der Waals surface area contributed by atoms with E-state index < -0.39 is 0 Å². The molecule has 0 saturated carbocycles. The largest absolute Gasteiger partial charge is 0.396 e. The molecule has 0 aliphatic heterocycles. The second kappa shape index (κ2) is 6.17. The van der Waals surface area contributed by atoms with Gasteiger partial charge < -0.3 is 10.4 Å². The van der Waals surface area contributed by atoms with Gasteiger partial charge in [-0.15, -0.1) is 0 Å². The van der Waals surface area contributed by atoms with Crippen molar-refractivity contribution in [1.29, 1.82) is 0 Å². The fraction of sp³-hybridized carbons (Fsp3) is 0.769. The zero-order valence-corrected chi connectivity index (χ0v) is 11.6. The minimum Gasteiger partial charge on any atom is -0.396 e. The first-order valence-electron chi connectivity index (χ1n) is 6.32. The maximum atomic E-state index is 9.09. The highest BCUT2D eigenvalue weighted by Crippen LogP contribution is 2.14. The number of aliphatic hydroxyl groups excluding tert-OH is 1. The zero-order chi connectivity index (χ0) is 13.0. The van der Waals surface area contributed by atoms with Gasteiger partial charge in [0.25, 0.3) is 0 Å². The van der Waals surface area contributed by atoms with Crippen LogP contribution in [0.15, 0.2) is 0 Å². The standard InChI is InChI=1S/C13H25N3O/c1-9(2)14-6-13-11(4)15-16(12(13)5)7-10(3)8-17/h9-10,14,17H,6-8H2,1-5H3. The molecule has 0 saturated heterocycles. The van der Waals surface area contributed by atoms with Crippen molar-refractivity contribution in [2.24, 2.45) is 5.92 Å². The number of hydrogen-bond acceptors (Lipinski definition) is 3. The Morgan fingerprint density at radius 1 is 1.29 bits per heavy atom. The SMILES string of the molecule is Cc1nn(CC(C)CO)c(C)c1CNC(C)C. The molecule has 0 aromatic carbocycles. The number of rotatable bonds is 6. The minimum atomic E-state index is 0.206. The molecule has 0 bridgehead atoms. The predicted octanol–water partition coefficient (Wildman–Crippen LogP) is 1.63. The van der Waals surface area contributed by atoms with Gasteiger partial charge in [-0.3, -0.25) is 4.68 Å². The summed E-state index contributed by atoms with van der Waals surface area (Å²) >= 11 is 0. The summed E-state index contributed by atoms with van der Waals surface area (Å²) in [6, 6.07) is 0.480. The van der Waals surface area contributed by atoms with E-state index in [9.17, 15) is 0 Å². The Kier molecular flexibility index (Phi) is 5.15. The van der Waals surface area contributed by atoms with E-state index in [0.29, 0.717) is 6.04 Å². The van der Waals surface area contributed by atoms with Gasteiger partial charge in [0.05, 0.1) is 5.69 Å². The van der Waals surface area contributed by atoms with Gasteiger partial charge in [0.2, 0.25) is 0 Å². The van der Waals surface area contributed by atoms with Crippen molar-refractivity contribution in [3.63, 3.8) is 0 Å². The molecule has 0 aliphatic rings. The Hall–Kier alpha value is -0.870. The Bertz CT molecular complexity index is 358. The molecule has 0 fully saturated rings. The summed E-state index contributed by atoms with van der Waals surface area (Å²) in [5.41, 5.74) is 3.57. The second-order valence-corrected chi connectivity index (χ2v) is 5.15. The molecule has 1 rings (SSSR count). The highest BCUT2D eigenvalue weighted by atomic mass is 16.3. The van der Waals surface area contributed by atoms with Crippen LogP contribution in [0.4, 0.5) is 0 Å². The fourth-order valence-corrected chi connectivity index (χ4v) is 1.83. The number of hydrogen-bond donors (Lipinski definition) is 2. The first-order valence-corrected chi connectivity index (χ1v) is 6.32. The monoisotopic (exact) mass is 239 g/mol. The summed E-state index contributed by atoms with van der Waals surface area (Å²) in [4.78, 5) is 0. The molecule has 0 spiro atoms. The fourth-order valence-electron chi connectivity index (χ4n) is 1.83. The quantitative estimate of drug-likeness (QED) is 0.793. The van der Waals surface area contributed by atoms with Crippen molar-refractivity contribution in [3.8, 4) is 0 Å². The number of aryl methyl sites for hydroxylation is 1. The third kappa shape index (κ3) is 3.82. The van der Waals surface area contributed by atoms with Gasteiger partial charge in [-0.1, -0.05) is 20.8 Å². The lowest BCUT2D eigenvalue weighted by Gasteiger charge is -2.11. The number of aromatic nitrogens is 2. The van der Waals surface area contributed by atoms with Crippen LogP contribution in [0.5, 0.6) is 0 Å².